The van der Waals surface area contributed by atoms with Gasteiger partial charge in [-0.2, -0.15) is 0 Å². The second kappa shape index (κ2) is 5.25. The molecule has 0 aromatic heterocycles. The first kappa shape index (κ1) is 13.3. The fourth-order valence-corrected chi connectivity index (χ4v) is 1.86. The molecule has 1 aliphatic heterocycles. The third-order valence-electron chi connectivity index (χ3n) is 2.80. The van der Waals surface area contributed by atoms with Gasteiger partial charge in [0.25, 0.3) is 0 Å². The molecule has 1 aromatic carbocycles. The van der Waals surface area contributed by atoms with Crippen molar-refractivity contribution in [2.24, 2.45) is 5.73 Å². The number of benzene rings is 1. The van der Waals surface area contributed by atoms with Crippen LogP contribution in [0.4, 0.5) is 0 Å². The van der Waals surface area contributed by atoms with Crippen LogP contribution in [0.2, 0.25) is 0 Å². The Morgan fingerprint density at radius 3 is 2.58 bits per heavy atom. The highest BCUT2D eigenvalue weighted by Crippen LogP contribution is 2.37. The number of rotatable bonds is 5. The Morgan fingerprint density at radius 1 is 1.37 bits per heavy atom. The van der Waals surface area contributed by atoms with E-state index in [2.05, 4.69) is 0 Å². The number of aliphatic hydroxyl groups is 2. The van der Waals surface area contributed by atoms with E-state index in [-0.39, 0.29) is 17.9 Å². The van der Waals surface area contributed by atoms with Gasteiger partial charge in [-0.05, 0) is 17.7 Å². The fraction of sp³-hybridized carbons (Fsp3) is 0.333. The summed E-state index contributed by atoms with van der Waals surface area (Å²) in [7, 11) is 0. The summed E-state index contributed by atoms with van der Waals surface area (Å²) >= 11 is 0. The van der Waals surface area contributed by atoms with Crippen LogP contribution in [0.25, 0.3) is 0 Å². The number of aldehydes is 1. The van der Waals surface area contributed by atoms with Crippen molar-refractivity contribution in [3.05, 3.63) is 23.3 Å². The molecule has 0 bridgehead atoms. The van der Waals surface area contributed by atoms with Crippen LogP contribution >= 0.6 is 0 Å². The first-order valence-corrected chi connectivity index (χ1v) is 5.56. The van der Waals surface area contributed by atoms with Crippen molar-refractivity contribution in [2.75, 3.05) is 6.79 Å². The number of aliphatic hydroxyl groups excluding tert-OH is 2. The summed E-state index contributed by atoms with van der Waals surface area (Å²) in [6, 6.07) is 2.81. The second-order valence-corrected chi connectivity index (χ2v) is 4.13. The zero-order chi connectivity index (χ0) is 14.0. The number of ether oxygens (including phenoxy) is 2. The van der Waals surface area contributed by atoms with E-state index in [4.69, 9.17) is 15.2 Å². The van der Waals surface area contributed by atoms with Gasteiger partial charge in [0.1, 0.15) is 6.10 Å². The number of nitrogens with two attached hydrogens (primary N) is 1. The highest BCUT2D eigenvalue weighted by Gasteiger charge is 2.26. The van der Waals surface area contributed by atoms with Crippen molar-refractivity contribution in [1.29, 1.82) is 0 Å². The van der Waals surface area contributed by atoms with Gasteiger partial charge in [-0.25, -0.2) is 0 Å². The van der Waals surface area contributed by atoms with E-state index in [1.54, 1.807) is 0 Å². The molecule has 0 radical (unpaired) electrons. The van der Waals surface area contributed by atoms with Crippen LogP contribution in [-0.4, -0.2) is 35.3 Å². The number of carbonyl (C=O) groups is 2. The van der Waals surface area contributed by atoms with Crippen molar-refractivity contribution >= 4 is 12.2 Å². The minimum Gasteiger partial charge on any atom is -0.454 e. The maximum absolute atomic E-state index is 11.0. The molecule has 0 aliphatic carbocycles. The summed E-state index contributed by atoms with van der Waals surface area (Å²) in [4.78, 5) is 21.7. The summed E-state index contributed by atoms with van der Waals surface area (Å²) in [5.41, 5.74) is 5.26. The highest BCUT2D eigenvalue weighted by atomic mass is 16.7. The molecule has 2 unspecified atom stereocenters. The lowest BCUT2D eigenvalue weighted by molar-refractivity contribution is -0.121. The maximum Gasteiger partial charge on any atom is 0.231 e. The van der Waals surface area contributed by atoms with Crippen molar-refractivity contribution in [3.63, 3.8) is 0 Å². The fourth-order valence-electron chi connectivity index (χ4n) is 1.86. The molecule has 7 nitrogen and oxygen atoms in total. The van der Waals surface area contributed by atoms with Gasteiger partial charge in [-0.1, -0.05) is 0 Å². The molecule has 2 atom stereocenters. The Kier molecular flexibility index (Phi) is 3.68. The summed E-state index contributed by atoms with van der Waals surface area (Å²) in [5.74, 6) is 0.00770. The van der Waals surface area contributed by atoms with E-state index >= 15 is 0 Å². The van der Waals surface area contributed by atoms with Gasteiger partial charge in [-0.15, -0.1) is 0 Å². The average Bonchev–Trinajstić information content (AvgIpc) is 2.82. The van der Waals surface area contributed by atoms with Gasteiger partial charge in [-0.3, -0.25) is 9.59 Å². The van der Waals surface area contributed by atoms with E-state index in [9.17, 15) is 19.8 Å². The predicted molar refractivity (Wildman–Crippen MR) is 62.7 cm³/mol. The Morgan fingerprint density at radius 2 is 2.00 bits per heavy atom. The minimum absolute atomic E-state index is 0.0248. The minimum atomic E-state index is -1.41. The first-order valence-electron chi connectivity index (χ1n) is 5.56. The monoisotopic (exact) mass is 267 g/mol. The zero-order valence-corrected chi connectivity index (χ0v) is 9.91. The topological polar surface area (TPSA) is 119 Å². The molecule has 7 heteroatoms. The normalized spacial score (nSPS) is 15.9. The third-order valence-corrected chi connectivity index (χ3v) is 2.80. The number of hydrogen-bond acceptors (Lipinski definition) is 6. The molecule has 2 rings (SSSR count). The van der Waals surface area contributed by atoms with E-state index in [0.717, 1.165) is 0 Å². The Balaban J connectivity index is 2.32. The molecule has 0 saturated heterocycles. The zero-order valence-electron chi connectivity index (χ0n) is 9.91. The van der Waals surface area contributed by atoms with Gasteiger partial charge in [0, 0.05) is 5.56 Å². The van der Waals surface area contributed by atoms with Crippen LogP contribution in [0.1, 0.15) is 28.4 Å². The Labute approximate surface area is 108 Å². The lowest BCUT2D eigenvalue weighted by Crippen LogP contribution is -2.26. The molecule has 0 fully saturated rings. The summed E-state index contributed by atoms with van der Waals surface area (Å²) in [6.07, 6.45) is -2.69. The van der Waals surface area contributed by atoms with E-state index in [0.29, 0.717) is 17.8 Å². The van der Waals surface area contributed by atoms with Gasteiger partial charge < -0.3 is 25.4 Å². The molecule has 1 aromatic rings. The molecule has 1 heterocycles. The molecule has 1 aliphatic rings. The SMILES string of the molecule is NC(=O)CC(O)C(O)c1cc2c(cc1C=O)OCO2. The Bertz CT molecular complexity index is 515. The van der Waals surface area contributed by atoms with Crippen molar-refractivity contribution in [1.82, 2.24) is 0 Å². The first-order chi connectivity index (χ1) is 9.02. The predicted octanol–water partition coefficient (Wildman–Crippen LogP) is -0.503. The molecular weight excluding hydrogens is 254 g/mol. The number of hydrogen-bond donors (Lipinski definition) is 3. The quantitative estimate of drug-likeness (QED) is 0.618. The van der Waals surface area contributed by atoms with Crippen molar-refractivity contribution in [2.45, 2.75) is 18.6 Å². The largest absolute Gasteiger partial charge is 0.454 e. The molecule has 0 saturated carbocycles. The van der Waals surface area contributed by atoms with Crippen molar-refractivity contribution < 1.29 is 29.3 Å². The smallest absolute Gasteiger partial charge is 0.231 e. The van der Waals surface area contributed by atoms with E-state index in [1.165, 1.54) is 12.1 Å². The van der Waals surface area contributed by atoms with Gasteiger partial charge in [0.15, 0.2) is 17.8 Å². The molecule has 1 amide bonds. The second-order valence-electron chi connectivity index (χ2n) is 4.13. The molecule has 4 N–H and O–H groups in total. The summed E-state index contributed by atoms with van der Waals surface area (Å²) in [5, 5.41) is 19.6. The van der Waals surface area contributed by atoms with Crippen molar-refractivity contribution in [3.8, 4) is 11.5 Å². The van der Waals surface area contributed by atoms with Crippen LogP contribution in [0.5, 0.6) is 11.5 Å². The third kappa shape index (κ3) is 2.67. The van der Waals surface area contributed by atoms with Crippen LogP contribution < -0.4 is 15.2 Å². The van der Waals surface area contributed by atoms with Gasteiger partial charge in [0.05, 0.1) is 12.5 Å². The number of primary amides is 1. The van der Waals surface area contributed by atoms with E-state index < -0.39 is 24.5 Å². The molecule has 0 spiro atoms. The number of fused-ring (bicyclic) bond motifs is 1. The summed E-state index contributed by atoms with van der Waals surface area (Å²) in [6.45, 7) is 0.0248. The molecule has 102 valence electrons. The lowest BCUT2D eigenvalue weighted by Gasteiger charge is -2.18. The van der Waals surface area contributed by atoms with Crippen LogP contribution in [-0.2, 0) is 4.79 Å². The van der Waals surface area contributed by atoms with E-state index in [1.807, 2.05) is 0 Å². The van der Waals surface area contributed by atoms with Gasteiger partial charge in [0.2, 0.25) is 12.7 Å². The maximum atomic E-state index is 11.0. The number of carbonyl (C=O) groups excluding carboxylic acids is 2. The lowest BCUT2D eigenvalue weighted by atomic mass is 9.97. The standard InChI is InChI=1S/C12H13NO6/c13-11(16)3-8(15)12(17)7-2-10-9(18-5-19-10)1-6(7)4-14/h1-2,4,8,12,15,17H,3,5H2,(H2,13,16). The Hall–Kier alpha value is -2.12. The molecule has 19 heavy (non-hydrogen) atoms. The highest BCUT2D eigenvalue weighted by molar-refractivity contribution is 5.80. The number of amides is 1. The van der Waals surface area contributed by atoms with Crippen LogP contribution in [0.3, 0.4) is 0 Å². The summed E-state index contributed by atoms with van der Waals surface area (Å²) < 4.78 is 10.2. The van der Waals surface area contributed by atoms with Crippen LogP contribution in [0.15, 0.2) is 12.1 Å². The average molecular weight is 267 g/mol. The van der Waals surface area contributed by atoms with Crippen LogP contribution in [0, 0.1) is 0 Å². The molecular formula is C12H13NO6. The van der Waals surface area contributed by atoms with Gasteiger partial charge >= 0.3 is 0 Å².